The van der Waals surface area contributed by atoms with Gasteiger partial charge in [-0.1, -0.05) is 30.3 Å². The monoisotopic (exact) mass is 308 g/mol. The van der Waals surface area contributed by atoms with E-state index in [0.29, 0.717) is 13.0 Å². The Labute approximate surface area is 135 Å². The van der Waals surface area contributed by atoms with Crippen LogP contribution in [0, 0.1) is 0 Å². The Morgan fingerprint density at radius 3 is 2.70 bits per heavy atom. The molecule has 0 radical (unpaired) electrons. The molecule has 0 saturated carbocycles. The molecule has 0 fully saturated rings. The van der Waals surface area contributed by atoms with Crippen molar-refractivity contribution in [3.8, 4) is 0 Å². The summed E-state index contributed by atoms with van der Waals surface area (Å²) in [5, 5.41) is 0.984. The topological polar surface area (TPSA) is 59.5 Å². The smallest absolute Gasteiger partial charge is 0.214 e. The zero-order valence-electron chi connectivity index (χ0n) is 13.1. The SMILES string of the molecule is CC(N)Cc1cc(N(C=O)Cc2ccccc2)cc2ccoc12. The molecular formula is C19H20N2O2. The van der Waals surface area contributed by atoms with Crippen molar-refractivity contribution in [2.24, 2.45) is 5.73 Å². The summed E-state index contributed by atoms with van der Waals surface area (Å²) < 4.78 is 5.57. The summed E-state index contributed by atoms with van der Waals surface area (Å²) in [6, 6.07) is 15.8. The maximum atomic E-state index is 11.6. The molecule has 0 bridgehead atoms. The van der Waals surface area contributed by atoms with Crippen LogP contribution in [-0.2, 0) is 17.8 Å². The van der Waals surface area contributed by atoms with E-state index in [4.69, 9.17) is 10.2 Å². The van der Waals surface area contributed by atoms with E-state index < -0.39 is 0 Å². The maximum absolute atomic E-state index is 11.6. The highest BCUT2D eigenvalue weighted by Gasteiger charge is 2.13. The first kappa shape index (κ1) is 15.3. The van der Waals surface area contributed by atoms with Gasteiger partial charge in [0, 0.05) is 17.1 Å². The highest BCUT2D eigenvalue weighted by Crippen LogP contribution is 2.28. The van der Waals surface area contributed by atoms with Crippen molar-refractivity contribution in [1.82, 2.24) is 0 Å². The van der Waals surface area contributed by atoms with Gasteiger partial charge in [-0.15, -0.1) is 0 Å². The number of fused-ring (bicyclic) bond motifs is 1. The molecule has 23 heavy (non-hydrogen) atoms. The lowest BCUT2D eigenvalue weighted by Crippen LogP contribution is -2.21. The molecule has 0 aliphatic heterocycles. The minimum absolute atomic E-state index is 0.0253. The van der Waals surface area contributed by atoms with Gasteiger partial charge >= 0.3 is 0 Å². The van der Waals surface area contributed by atoms with E-state index in [1.807, 2.05) is 55.5 Å². The molecule has 3 aromatic rings. The molecular weight excluding hydrogens is 288 g/mol. The third-order valence-electron chi connectivity index (χ3n) is 3.81. The van der Waals surface area contributed by atoms with Gasteiger partial charge in [-0.2, -0.15) is 0 Å². The normalized spacial score (nSPS) is 12.3. The van der Waals surface area contributed by atoms with Gasteiger partial charge in [-0.3, -0.25) is 4.79 Å². The standard InChI is InChI=1S/C19H20N2O2/c1-14(20)9-17-11-18(10-16-7-8-23-19(16)17)21(13-22)12-15-5-3-2-4-6-15/h2-8,10-11,13-14H,9,12,20H2,1H3. The first-order valence-electron chi connectivity index (χ1n) is 7.69. The molecule has 3 rings (SSSR count). The molecule has 4 heteroatoms. The summed E-state index contributed by atoms with van der Waals surface area (Å²) in [7, 11) is 0. The van der Waals surface area contributed by atoms with Crippen molar-refractivity contribution in [3.63, 3.8) is 0 Å². The minimum atomic E-state index is 0.0253. The van der Waals surface area contributed by atoms with Gasteiger partial charge in [0.25, 0.3) is 0 Å². The molecule has 1 atom stereocenters. The zero-order valence-corrected chi connectivity index (χ0v) is 13.1. The highest BCUT2D eigenvalue weighted by atomic mass is 16.3. The summed E-state index contributed by atoms with van der Waals surface area (Å²) in [6.07, 6.45) is 3.24. The van der Waals surface area contributed by atoms with Crippen LogP contribution in [0.2, 0.25) is 0 Å². The van der Waals surface area contributed by atoms with Gasteiger partial charge in [0.1, 0.15) is 5.58 Å². The van der Waals surface area contributed by atoms with Crippen molar-refractivity contribution >= 4 is 23.1 Å². The molecule has 1 aromatic heterocycles. The van der Waals surface area contributed by atoms with Crippen LogP contribution in [0.1, 0.15) is 18.1 Å². The maximum Gasteiger partial charge on any atom is 0.214 e. The number of nitrogens with two attached hydrogens (primary N) is 1. The molecule has 0 aliphatic carbocycles. The molecule has 1 amide bonds. The molecule has 0 spiro atoms. The molecule has 0 aliphatic rings. The molecule has 1 heterocycles. The predicted molar refractivity (Wildman–Crippen MR) is 92.3 cm³/mol. The predicted octanol–water partition coefficient (Wildman–Crippen LogP) is 3.49. The van der Waals surface area contributed by atoms with Gasteiger partial charge in [-0.25, -0.2) is 0 Å². The van der Waals surface area contributed by atoms with Gasteiger partial charge in [0.05, 0.1) is 12.8 Å². The third kappa shape index (κ3) is 3.43. The summed E-state index contributed by atoms with van der Waals surface area (Å²) >= 11 is 0. The lowest BCUT2D eigenvalue weighted by Gasteiger charge is -2.19. The van der Waals surface area contributed by atoms with Crippen molar-refractivity contribution in [2.45, 2.75) is 25.9 Å². The second-order valence-electron chi connectivity index (χ2n) is 5.84. The number of furan rings is 1. The Morgan fingerprint density at radius 1 is 1.22 bits per heavy atom. The third-order valence-corrected chi connectivity index (χ3v) is 3.81. The second-order valence-corrected chi connectivity index (χ2v) is 5.84. The summed E-state index contributed by atoms with van der Waals surface area (Å²) in [6.45, 7) is 2.49. The Balaban J connectivity index is 1.98. The number of benzene rings is 2. The van der Waals surface area contributed by atoms with E-state index in [9.17, 15) is 4.79 Å². The zero-order chi connectivity index (χ0) is 16.2. The van der Waals surface area contributed by atoms with Crippen molar-refractivity contribution < 1.29 is 9.21 Å². The molecule has 1 unspecified atom stereocenters. The number of anilines is 1. The lowest BCUT2D eigenvalue weighted by atomic mass is 10.0. The quantitative estimate of drug-likeness (QED) is 0.709. The molecule has 118 valence electrons. The van der Waals surface area contributed by atoms with E-state index in [1.54, 1.807) is 11.2 Å². The van der Waals surface area contributed by atoms with E-state index in [-0.39, 0.29) is 6.04 Å². The molecule has 4 nitrogen and oxygen atoms in total. The fourth-order valence-corrected chi connectivity index (χ4v) is 2.77. The summed E-state index contributed by atoms with van der Waals surface area (Å²) in [4.78, 5) is 13.3. The number of hydrogen-bond donors (Lipinski definition) is 1. The van der Waals surface area contributed by atoms with Gasteiger partial charge in [0.15, 0.2) is 0 Å². The fraction of sp³-hybridized carbons (Fsp3) is 0.211. The fourth-order valence-electron chi connectivity index (χ4n) is 2.77. The van der Waals surface area contributed by atoms with E-state index in [1.165, 1.54) is 0 Å². The van der Waals surface area contributed by atoms with E-state index in [0.717, 1.165) is 34.2 Å². The van der Waals surface area contributed by atoms with Crippen LogP contribution in [0.3, 0.4) is 0 Å². The van der Waals surface area contributed by atoms with Crippen LogP contribution >= 0.6 is 0 Å². The van der Waals surface area contributed by atoms with Gasteiger partial charge in [-0.05, 0) is 42.7 Å². The highest BCUT2D eigenvalue weighted by molar-refractivity contribution is 5.88. The van der Waals surface area contributed by atoms with Crippen LogP contribution < -0.4 is 10.6 Å². The van der Waals surface area contributed by atoms with Crippen LogP contribution in [0.5, 0.6) is 0 Å². The Morgan fingerprint density at radius 2 is 2.00 bits per heavy atom. The summed E-state index contributed by atoms with van der Waals surface area (Å²) in [5.41, 5.74) is 9.75. The number of amides is 1. The molecule has 0 saturated heterocycles. The van der Waals surface area contributed by atoms with Crippen molar-refractivity contribution in [2.75, 3.05) is 4.90 Å². The molecule has 2 N–H and O–H groups in total. The number of carbonyl (C=O) groups excluding carboxylic acids is 1. The van der Waals surface area contributed by atoms with Crippen LogP contribution in [-0.4, -0.2) is 12.5 Å². The van der Waals surface area contributed by atoms with E-state index >= 15 is 0 Å². The molecule has 2 aromatic carbocycles. The van der Waals surface area contributed by atoms with Crippen LogP contribution in [0.15, 0.2) is 59.2 Å². The van der Waals surface area contributed by atoms with Crippen LogP contribution in [0.25, 0.3) is 11.0 Å². The lowest BCUT2D eigenvalue weighted by molar-refractivity contribution is -0.107. The second kappa shape index (κ2) is 6.67. The van der Waals surface area contributed by atoms with E-state index in [2.05, 4.69) is 0 Å². The Kier molecular flexibility index (Phi) is 4.44. The average Bonchev–Trinajstić information content (AvgIpc) is 3.02. The van der Waals surface area contributed by atoms with Crippen LogP contribution in [0.4, 0.5) is 5.69 Å². The number of hydrogen-bond acceptors (Lipinski definition) is 3. The summed E-state index contributed by atoms with van der Waals surface area (Å²) in [5.74, 6) is 0. The number of rotatable bonds is 6. The van der Waals surface area contributed by atoms with Crippen molar-refractivity contribution in [1.29, 1.82) is 0 Å². The first-order valence-corrected chi connectivity index (χ1v) is 7.69. The minimum Gasteiger partial charge on any atom is -0.464 e. The largest absolute Gasteiger partial charge is 0.464 e. The number of carbonyl (C=O) groups is 1. The van der Waals surface area contributed by atoms with Gasteiger partial charge < -0.3 is 15.1 Å². The Bertz CT molecular complexity index is 793. The number of nitrogens with zero attached hydrogens (tertiary/aromatic N) is 1. The first-order chi connectivity index (χ1) is 11.2. The average molecular weight is 308 g/mol. The van der Waals surface area contributed by atoms with Crippen molar-refractivity contribution in [3.05, 3.63) is 65.9 Å². The Hall–Kier alpha value is -2.59. The van der Waals surface area contributed by atoms with Gasteiger partial charge in [0.2, 0.25) is 6.41 Å².